The molecule has 0 amide bonds. The number of carbonyl (C=O) groups is 1. The van der Waals surface area contributed by atoms with Gasteiger partial charge in [0.25, 0.3) is 0 Å². The van der Waals surface area contributed by atoms with Crippen molar-refractivity contribution >= 4 is 23.3 Å². The second kappa shape index (κ2) is 10.1. The molecule has 1 atom stereocenters. The molecule has 3 aromatic rings. The normalized spacial score (nSPS) is 15.7. The molecule has 3 rings (SSSR count). The Kier molecular flexibility index (Phi) is 4.39. The van der Waals surface area contributed by atoms with E-state index < -0.39 is 77.1 Å². The molecule has 0 radical (unpaired) electrons. The first-order valence-electron chi connectivity index (χ1n) is 12.7. The number of hydrogen-bond donors (Lipinski definition) is 4. The Bertz CT molecular complexity index is 1370. The highest BCUT2D eigenvalue weighted by molar-refractivity contribution is 6.30. The lowest BCUT2D eigenvalue weighted by Gasteiger charge is -2.13. The largest absolute Gasteiger partial charge is 0.478 e. The molecule has 0 aliphatic rings. The maximum absolute atomic E-state index is 11.6. The molecule has 29 heavy (non-hydrogen) atoms. The van der Waals surface area contributed by atoms with Crippen molar-refractivity contribution < 1.29 is 26.0 Å². The van der Waals surface area contributed by atoms with E-state index in [0.717, 1.165) is 0 Å². The van der Waals surface area contributed by atoms with Gasteiger partial charge >= 0.3 is 5.97 Å². The minimum absolute atomic E-state index is 0.132. The summed E-state index contributed by atoms with van der Waals surface area (Å²) in [5.41, 5.74) is -1.39. The van der Waals surface area contributed by atoms with Crippen LogP contribution in [0.25, 0.3) is 11.1 Å². The van der Waals surface area contributed by atoms with Crippen molar-refractivity contribution in [1.82, 2.24) is 5.32 Å². The summed E-state index contributed by atoms with van der Waals surface area (Å²) in [4.78, 5) is 11.6. The van der Waals surface area contributed by atoms with Gasteiger partial charge in [-0.15, -0.1) is 0 Å². The molecule has 150 valence electrons. The second-order valence-electron chi connectivity index (χ2n) is 6.01. The minimum Gasteiger partial charge on any atom is -0.478 e. The van der Waals surface area contributed by atoms with Crippen LogP contribution in [0, 0.1) is 0 Å². The summed E-state index contributed by atoms with van der Waals surface area (Å²) in [7, 11) is 0. The predicted molar refractivity (Wildman–Crippen MR) is 117 cm³/mol. The zero-order chi connectivity index (χ0) is 27.6. The Labute approximate surface area is 186 Å². The minimum atomic E-state index is -1.67. The van der Waals surface area contributed by atoms with Crippen molar-refractivity contribution in [2.75, 3.05) is 25.0 Å². The molecule has 0 saturated heterocycles. The van der Waals surface area contributed by atoms with Crippen molar-refractivity contribution in [2.24, 2.45) is 0 Å². The van der Waals surface area contributed by atoms with Crippen LogP contribution in [-0.2, 0) is 0 Å². The highest BCUT2D eigenvalue weighted by Gasteiger charge is 2.07. The lowest BCUT2D eigenvalue weighted by molar-refractivity contribution is 0.0697. The zero-order valence-electron chi connectivity index (χ0n) is 23.2. The van der Waals surface area contributed by atoms with E-state index in [1.165, 1.54) is 0 Å². The van der Waals surface area contributed by atoms with Gasteiger partial charge in [0.05, 0.1) is 22.6 Å². The van der Waals surface area contributed by atoms with E-state index in [1.807, 2.05) is 0 Å². The average molecular weight is 419 g/mol. The Hall–Kier alpha value is -2.86. The van der Waals surface area contributed by atoms with E-state index in [1.54, 1.807) is 24.3 Å². The summed E-state index contributed by atoms with van der Waals surface area (Å²) in [6, 6.07) is 1.32. The van der Waals surface area contributed by atoms with Crippen LogP contribution in [0.1, 0.15) is 33.0 Å². The molecule has 6 heteroatoms. The average Bonchev–Trinajstić information content (AvgIpc) is 2.84. The van der Waals surface area contributed by atoms with Gasteiger partial charge in [-0.2, -0.15) is 0 Å². The first-order chi connectivity index (χ1) is 17.4. The third-order valence-corrected chi connectivity index (χ3v) is 4.12. The molecule has 0 aliphatic carbocycles. The van der Waals surface area contributed by atoms with Crippen molar-refractivity contribution in [3.63, 3.8) is 0 Å². The summed E-state index contributed by atoms with van der Waals surface area (Å²) >= 11 is 5.93. The number of rotatable bonds is 9. The van der Waals surface area contributed by atoms with Gasteiger partial charge in [-0.05, 0) is 53.0 Å². The fraction of sp³-hybridized carbons (Fsp3) is 0.174. The Morgan fingerprint density at radius 3 is 2.62 bits per heavy atom. The van der Waals surface area contributed by atoms with E-state index in [2.05, 4.69) is 10.6 Å². The second-order valence-corrected chi connectivity index (χ2v) is 6.44. The van der Waals surface area contributed by atoms with E-state index in [-0.39, 0.29) is 25.3 Å². The van der Waals surface area contributed by atoms with Crippen molar-refractivity contribution in [2.45, 2.75) is 6.10 Å². The van der Waals surface area contributed by atoms with E-state index in [9.17, 15) is 15.0 Å². The molecular formula is C23H23ClN2O3. The predicted octanol–water partition coefficient (Wildman–Crippen LogP) is 4.44. The van der Waals surface area contributed by atoms with Crippen LogP contribution in [0.2, 0.25) is 5.02 Å². The van der Waals surface area contributed by atoms with Gasteiger partial charge in [0.15, 0.2) is 0 Å². The fourth-order valence-corrected chi connectivity index (χ4v) is 2.68. The van der Waals surface area contributed by atoms with Crippen LogP contribution >= 0.6 is 11.6 Å². The van der Waals surface area contributed by atoms with Crippen molar-refractivity contribution in [1.29, 1.82) is 0 Å². The Morgan fingerprint density at radius 1 is 1.10 bits per heavy atom. The lowest BCUT2D eigenvalue weighted by Crippen LogP contribution is -2.26. The fourth-order valence-electron chi connectivity index (χ4n) is 2.48. The summed E-state index contributed by atoms with van der Waals surface area (Å²) in [6.45, 7) is 0.578. The van der Waals surface area contributed by atoms with Crippen LogP contribution in [0.5, 0.6) is 0 Å². The third-order valence-electron chi connectivity index (χ3n) is 3.89. The quantitative estimate of drug-likeness (QED) is 0.386. The Morgan fingerprint density at radius 2 is 1.86 bits per heavy atom. The highest BCUT2D eigenvalue weighted by atomic mass is 35.5. The summed E-state index contributed by atoms with van der Waals surface area (Å²) in [5, 5.41) is 26.0. The van der Waals surface area contributed by atoms with Gasteiger partial charge in [0.1, 0.15) is 0 Å². The number of aromatic carboxylic acids is 1. The van der Waals surface area contributed by atoms with Gasteiger partial charge < -0.3 is 20.8 Å². The number of benzene rings is 3. The molecule has 4 N–H and O–H groups in total. The monoisotopic (exact) mass is 418 g/mol. The molecule has 0 heterocycles. The SMILES string of the molecule is [2H]c1c([2H])c(NCCNC[C@H](O)c2cccc(Cl)c2)c([2H])c(-c2c([2H])c([2H])c([2H])c(C(=O)O)c2[2H])c1[2H]. The smallest absolute Gasteiger partial charge is 0.335 e. The highest BCUT2D eigenvalue weighted by Crippen LogP contribution is 2.23. The van der Waals surface area contributed by atoms with Crippen molar-refractivity contribution in [3.05, 3.63) is 88.8 Å². The number of halogens is 1. The van der Waals surface area contributed by atoms with Gasteiger partial charge in [-0.25, -0.2) is 4.79 Å². The number of hydrogen-bond acceptors (Lipinski definition) is 4. The van der Waals surface area contributed by atoms with Gasteiger partial charge in [0.2, 0.25) is 0 Å². The topological polar surface area (TPSA) is 81.6 Å². The molecule has 3 aromatic carbocycles. The van der Waals surface area contributed by atoms with Crippen LogP contribution < -0.4 is 10.6 Å². The first-order valence-corrected chi connectivity index (χ1v) is 9.08. The van der Waals surface area contributed by atoms with E-state index in [0.29, 0.717) is 10.6 Å². The first kappa shape index (κ1) is 12.6. The van der Waals surface area contributed by atoms with Crippen LogP contribution in [0.15, 0.2) is 72.6 Å². The standard InChI is InChI=1S/C23H23ClN2O3/c24-20-8-2-6-18(13-20)22(27)15-25-10-11-26-21-9-3-5-17(14-21)16-4-1-7-19(12-16)23(28)29/h1-9,12-14,22,25-27H,10-11,15H2,(H,28,29)/t22-/m0/s1/i1D,3D,4D,5D,7D,9D,12D,14D. The van der Waals surface area contributed by atoms with Gasteiger partial charge in [-0.3, -0.25) is 0 Å². The van der Waals surface area contributed by atoms with Gasteiger partial charge in [-0.1, -0.05) is 47.9 Å². The maximum Gasteiger partial charge on any atom is 0.335 e. The van der Waals surface area contributed by atoms with Crippen LogP contribution in [0.4, 0.5) is 5.69 Å². The summed E-state index contributed by atoms with van der Waals surface area (Å²) in [6.07, 6.45) is -0.834. The summed E-state index contributed by atoms with van der Waals surface area (Å²) < 4.78 is 65.4. The van der Waals surface area contributed by atoms with Crippen LogP contribution in [-0.4, -0.2) is 35.8 Å². The maximum atomic E-state index is 11.6. The molecule has 0 spiro atoms. The van der Waals surface area contributed by atoms with E-state index >= 15 is 0 Å². The number of carboxylic acid groups (broad SMARTS) is 1. The lowest BCUT2D eigenvalue weighted by atomic mass is 10.0. The molecule has 0 fully saturated rings. The Balaban J connectivity index is 1.89. The third kappa shape index (κ3) is 6.06. The van der Waals surface area contributed by atoms with Crippen molar-refractivity contribution in [3.8, 4) is 11.1 Å². The molecule has 5 nitrogen and oxygen atoms in total. The molecule has 0 saturated carbocycles. The zero-order valence-corrected chi connectivity index (χ0v) is 15.9. The summed E-state index contributed by atoms with van der Waals surface area (Å²) in [5.74, 6) is -1.67. The number of nitrogens with one attached hydrogen (secondary N) is 2. The molecular weight excluding hydrogens is 388 g/mol. The molecule has 0 aliphatic heterocycles. The number of anilines is 1. The number of aliphatic hydroxyl groups is 1. The molecule has 0 aromatic heterocycles. The molecule has 0 bridgehead atoms. The number of aliphatic hydroxyl groups excluding tert-OH is 1. The van der Waals surface area contributed by atoms with E-state index in [4.69, 9.17) is 22.6 Å². The number of carboxylic acids is 1. The van der Waals surface area contributed by atoms with Gasteiger partial charge in [0, 0.05) is 30.3 Å². The van der Waals surface area contributed by atoms with Crippen LogP contribution in [0.3, 0.4) is 0 Å². The molecule has 0 unspecified atom stereocenters.